The van der Waals surface area contributed by atoms with Crippen molar-refractivity contribution in [3.8, 4) is 0 Å². The lowest BCUT2D eigenvalue weighted by Crippen LogP contribution is -2.47. The molecule has 0 bridgehead atoms. The molecule has 4 nitrogen and oxygen atoms in total. The fourth-order valence-corrected chi connectivity index (χ4v) is 3.28. The molecule has 2 N–H and O–H groups in total. The van der Waals surface area contributed by atoms with Crippen LogP contribution in [-0.2, 0) is 17.8 Å². The zero-order valence-corrected chi connectivity index (χ0v) is 15.3. The van der Waals surface area contributed by atoms with Gasteiger partial charge in [0.05, 0.1) is 4.88 Å². The average molecular weight is 382 g/mol. The fraction of sp³-hybridized carbons (Fsp3) is 0.143. The van der Waals surface area contributed by atoms with Crippen molar-refractivity contribution in [3.05, 3.63) is 93.9 Å². The molecule has 1 atom stereocenters. The van der Waals surface area contributed by atoms with Crippen LogP contribution in [0, 0.1) is 5.82 Å². The highest BCUT2D eigenvalue weighted by Gasteiger charge is 2.22. The molecule has 1 heterocycles. The smallest absolute Gasteiger partial charge is 0.262 e. The van der Waals surface area contributed by atoms with Crippen LogP contribution in [0.2, 0.25) is 0 Å². The van der Waals surface area contributed by atoms with Crippen molar-refractivity contribution in [2.75, 3.05) is 0 Å². The predicted octanol–water partition coefficient (Wildman–Crippen LogP) is 3.54. The zero-order valence-electron chi connectivity index (χ0n) is 14.5. The van der Waals surface area contributed by atoms with Gasteiger partial charge in [-0.1, -0.05) is 48.5 Å². The minimum atomic E-state index is -0.726. The third-order valence-corrected chi connectivity index (χ3v) is 4.87. The number of rotatable bonds is 7. The monoisotopic (exact) mass is 382 g/mol. The highest BCUT2D eigenvalue weighted by molar-refractivity contribution is 7.12. The van der Waals surface area contributed by atoms with Gasteiger partial charge in [0, 0.05) is 13.0 Å². The van der Waals surface area contributed by atoms with E-state index in [0.717, 1.165) is 5.56 Å². The molecule has 27 heavy (non-hydrogen) atoms. The number of benzene rings is 2. The van der Waals surface area contributed by atoms with E-state index >= 15 is 0 Å². The van der Waals surface area contributed by atoms with Gasteiger partial charge in [-0.05, 0) is 34.7 Å². The average Bonchev–Trinajstić information content (AvgIpc) is 3.21. The summed E-state index contributed by atoms with van der Waals surface area (Å²) < 4.78 is 13.3. The third-order valence-electron chi connectivity index (χ3n) is 4.01. The normalized spacial score (nSPS) is 11.6. The molecule has 0 aliphatic heterocycles. The molecule has 0 saturated heterocycles. The Labute approximate surface area is 161 Å². The van der Waals surface area contributed by atoms with Gasteiger partial charge in [-0.15, -0.1) is 11.3 Å². The van der Waals surface area contributed by atoms with Gasteiger partial charge < -0.3 is 10.6 Å². The Morgan fingerprint density at radius 3 is 2.44 bits per heavy atom. The van der Waals surface area contributed by atoms with Crippen LogP contribution in [0.3, 0.4) is 0 Å². The second-order valence-corrected chi connectivity index (χ2v) is 6.99. The van der Waals surface area contributed by atoms with Crippen molar-refractivity contribution in [1.29, 1.82) is 0 Å². The van der Waals surface area contributed by atoms with Crippen molar-refractivity contribution >= 4 is 23.2 Å². The number of hydrogen-bond acceptors (Lipinski definition) is 3. The van der Waals surface area contributed by atoms with Crippen LogP contribution in [0.5, 0.6) is 0 Å². The van der Waals surface area contributed by atoms with Crippen LogP contribution >= 0.6 is 11.3 Å². The van der Waals surface area contributed by atoms with Crippen LogP contribution < -0.4 is 10.6 Å². The molecule has 1 aromatic heterocycles. The Morgan fingerprint density at radius 1 is 0.963 bits per heavy atom. The molecule has 2 aromatic carbocycles. The lowest BCUT2D eigenvalue weighted by molar-refractivity contribution is -0.123. The van der Waals surface area contributed by atoms with E-state index < -0.39 is 6.04 Å². The number of nitrogens with one attached hydrogen (secondary N) is 2. The predicted molar refractivity (Wildman–Crippen MR) is 104 cm³/mol. The number of carbonyl (C=O) groups excluding carboxylic acids is 2. The Hall–Kier alpha value is -2.99. The number of amides is 2. The van der Waals surface area contributed by atoms with Crippen molar-refractivity contribution in [3.63, 3.8) is 0 Å². The summed E-state index contributed by atoms with van der Waals surface area (Å²) in [4.78, 5) is 25.6. The fourth-order valence-electron chi connectivity index (χ4n) is 2.66. The standard InChI is InChI=1S/C21H19FN2O2S/c22-17-9-4-8-16(12-17)14-23-20(25)18(13-15-6-2-1-3-7-15)24-21(26)19-10-5-11-27-19/h1-12,18H,13-14H2,(H,23,25)(H,24,26). The topological polar surface area (TPSA) is 58.2 Å². The van der Waals surface area contributed by atoms with Crippen LogP contribution in [0.25, 0.3) is 0 Å². The summed E-state index contributed by atoms with van der Waals surface area (Å²) in [7, 11) is 0. The van der Waals surface area contributed by atoms with Gasteiger partial charge in [0.2, 0.25) is 5.91 Å². The van der Waals surface area contributed by atoms with Gasteiger partial charge in [0.1, 0.15) is 11.9 Å². The maximum atomic E-state index is 13.3. The van der Waals surface area contributed by atoms with Gasteiger partial charge in [-0.25, -0.2) is 4.39 Å². The Morgan fingerprint density at radius 2 is 1.74 bits per heavy atom. The number of carbonyl (C=O) groups is 2. The number of hydrogen-bond donors (Lipinski definition) is 2. The Balaban J connectivity index is 1.69. The van der Waals surface area contributed by atoms with Crippen LogP contribution in [-0.4, -0.2) is 17.9 Å². The van der Waals surface area contributed by atoms with Gasteiger partial charge in [0.25, 0.3) is 5.91 Å². The highest BCUT2D eigenvalue weighted by Crippen LogP contribution is 2.10. The molecule has 3 aromatic rings. The summed E-state index contributed by atoms with van der Waals surface area (Å²) in [6.45, 7) is 0.191. The summed E-state index contributed by atoms with van der Waals surface area (Å²) >= 11 is 1.32. The molecule has 138 valence electrons. The summed E-state index contributed by atoms with van der Waals surface area (Å²) in [6, 6.07) is 18.3. The van der Waals surface area contributed by atoms with E-state index in [2.05, 4.69) is 10.6 Å². The van der Waals surface area contributed by atoms with Crippen molar-refractivity contribution in [1.82, 2.24) is 10.6 Å². The lowest BCUT2D eigenvalue weighted by atomic mass is 10.0. The zero-order chi connectivity index (χ0) is 19.1. The van der Waals surface area contributed by atoms with Crippen molar-refractivity contribution in [2.24, 2.45) is 0 Å². The molecule has 2 amide bonds. The Kier molecular flexibility index (Phi) is 6.33. The quantitative estimate of drug-likeness (QED) is 0.657. The maximum absolute atomic E-state index is 13.3. The van der Waals surface area contributed by atoms with E-state index in [0.29, 0.717) is 16.9 Å². The van der Waals surface area contributed by atoms with Crippen molar-refractivity contribution < 1.29 is 14.0 Å². The molecule has 0 fully saturated rings. The van der Waals surface area contributed by atoms with E-state index in [1.807, 2.05) is 35.7 Å². The van der Waals surface area contributed by atoms with E-state index in [1.165, 1.54) is 23.5 Å². The minimum Gasteiger partial charge on any atom is -0.350 e. The van der Waals surface area contributed by atoms with E-state index in [-0.39, 0.29) is 24.2 Å². The van der Waals surface area contributed by atoms with Crippen LogP contribution in [0.4, 0.5) is 4.39 Å². The largest absolute Gasteiger partial charge is 0.350 e. The molecular formula is C21H19FN2O2S. The first-order chi connectivity index (χ1) is 13.1. The minimum absolute atomic E-state index is 0.191. The van der Waals surface area contributed by atoms with Crippen molar-refractivity contribution in [2.45, 2.75) is 19.0 Å². The maximum Gasteiger partial charge on any atom is 0.262 e. The van der Waals surface area contributed by atoms with Crippen LogP contribution in [0.1, 0.15) is 20.8 Å². The molecule has 0 aliphatic rings. The van der Waals surface area contributed by atoms with Gasteiger partial charge in [-0.2, -0.15) is 0 Å². The third kappa shape index (κ3) is 5.49. The molecule has 3 rings (SSSR count). The molecule has 1 unspecified atom stereocenters. The summed E-state index contributed by atoms with van der Waals surface area (Å²) in [5.41, 5.74) is 1.60. The molecular weight excluding hydrogens is 363 g/mol. The Bertz CT molecular complexity index is 898. The van der Waals surface area contributed by atoms with E-state index in [1.54, 1.807) is 24.3 Å². The number of thiophene rings is 1. The first-order valence-electron chi connectivity index (χ1n) is 8.52. The second kappa shape index (κ2) is 9.09. The first-order valence-corrected chi connectivity index (χ1v) is 9.40. The molecule has 0 saturated carbocycles. The molecule has 0 spiro atoms. The summed E-state index contributed by atoms with van der Waals surface area (Å²) in [5, 5.41) is 7.39. The second-order valence-electron chi connectivity index (χ2n) is 6.04. The van der Waals surface area contributed by atoms with E-state index in [4.69, 9.17) is 0 Å². The summed E-state index contributed by atoms with van der Waals surface area (Å²) in [6.07, 6.45) is 0.368. The van der Waals surface area contributed by atoms with Gasteiger partial charge >= 0.3 is 0 Å². The van der Waals surface area contributed by atoms with Crippen LogP contribution in [0.15, 0.2) is 72.1 Å². The summed E-state index contributed by atoms with van der Waals surface area (Å²) in [5.74, 6) is -0.951. The molecule has 0 radical (unpaired) electrons. The van der Waals surface area contributed by atoms with Gasteiger partial charge in [-0.3, -0.25) is 9.59 Å². The lowest BCUT2D eigenvalue weighted by Gasteiger charge is -2.18. The molecule has 6 heteroatoms. The van der Waals surface area contributed by atoms with E-state index in [9.17, 15) is 14.0 Å². The molecule has 0 aliphatic carbocycles. The SMILES string of the molecule is O=C(NC(Cc1ccccc1)C(=O)NCc1cccc(F)c1)c1cccs1. The first kappa shape index (κ1) is 18.8. The highest BCUT2D eigenvalue weighted by atomic mass is 32.1. The van der Waals surface area contributed by atoms with Gasteiger partial charge in [0.15, 0.2) is 0 Å². The number of halogens is 1.